The smallest absolute Gasteiger partial charge is 0.382 e. The zero-order valence-electron chi connectivity index (χ0n) is 7.82. The topological polar surface area (TPSA) is 49.3 Å². The quantitative estimate of drug-likeness (QED) is 0.743. The summed E-state index contributed by atoms with van der Waals surface area (Å²) in [6.07, 6.45) is -14.6. The van der Waals surface area contributed by atoms with Crippen molar-refractivity contribution in [3.05, 3.63) is 0 Å². The Hall–Kier alpha value is -0.990. The van der Waals surface area contributed by atoms with Gasteiger partial charge in [0.2, 0.25) is 5.91 Å². The van der Waals surface area contributed by atoms with Crippen molar-refractivity contribution in [2.24, 2.45) is 0 Å². The first-order valence-electron chi connectivity index (χ1n) is 4.10. The highest BCUT2D eigenvalue weighted by Crippen LogP contribution is 2.21. The van der Waals surface area contributed by atoms with E-state index in [1.165, 1.54) is 0 Å². The lowest BCUT2D eigenvalue weighted by molar-refractivity contribution is -0.202. The Morgan fingerprint density at radius 1 is 1.19 bits per heavy atom. The average molecular weight is 253 g/mol. The van der Waals surface area contributed by atoms with E-state index in [2.05, 4.69) is 0 Å². The van der Waals surface area contributed by atoms with Crippen molar-refractivity contribution in [3.63, 3.8) is 0 Å². The van der Waals surface area contributed by atoms with Crippen LogP contribution in [0.1, 0.15) is 12.8 Å². The van der Waals surface area contributed by atoms with Gasteiger partial charge in [-0.05, 0) is 0 Å². The highest BCUT2D eigenvalue weighted by molar-refractivity contribution is 5.75. The van der Waals surface area contributed by atoms with Gasteiger partial charge in [-0.3, -0.25) is 4.79 Å². The number of hydrogen-bond donors (Lipinski definition) is 2. The molecule has 0 fully saturated rings. The van der Waals surface area contributed by atoms with Gasteiger partial charge in [0.15, 0.2) is 6.10 Å². The minimum absolute atomic E-state index is 0.964. The van der Waals surface area contributed by atoms with E-state index in [9.17, 15) is 31.1 Å². The van der Waals surface area contributed by atoms with Crippen LogP contribution in [0.3, 0.4) is 0 Å². The molecular formula is C7H9F6NO2. The van der Waals surface area contributed by atoms with Crippen molar-refractivity contribution < 1.29 is 36.2 Å². The van der Waals surface area contributed by atoms with Crippen molar-refractivity contribution in [3.8, 4) is 0 Å². The van der Waals surface area contributed by atoms with Crippen LogP contribution in [0.15, 0.2) is 0 Å². The SMILES string of the molecule is O=C(CCC(F)(F)F)NCC(O)C(F)(F)F. The van der Waals surface area contributed by atoms with Crippen LogP contribution in [-0.2, 0) is 4.79 Å². The van der Waals surface area contributed by atoms with E-state index < -0.39 is 43.8 Å². The molecule has 1 unspecified atom stereocenters. The van der Waals surface area contributed by atoms with E-state index in [0.717, 1.165) is 0 Å². The Labute approximate surface area is 86.4 Å². The minimum atomic E-state index is -4.91. The van der Waals surface area contributed by atoms with Gasteiger partial charge in [-0.15, -0.1) is 0 Å². The van der Waals surface area contributed by atoms with Crippen molar-refractivity contribution in [2.45, 2.75) is 31.3 Å². The number of amides is 1. The van der Waals surface area contributed by atoms with Gasteiger partial charge in [0.1, 0.15) is 0 Å². The monoisotopic (exact) mass is 253 g/mol. The van der Waals surface area contributed by atoms with E-state index in [0.29, 0.717) is 0 Å². The molecule has 3 nitrogen and oxygen atoms in total. The van der Waals surface area contributed by atoms with E-state index in [1.807, 2.05) is 0 Å². The molecular weight excluding hydrogens is 244 g/mol. The molecule has 0 rings (SSSR count). The number of hydrogen-bond acceptors (Lipinski definition) is 2. The maximum Gasteiger partial charge on any atom is 0.416 e. The zero-order chi connectivity index (χ0) is 13.0. The third kappa shape index (κ3) is 7.32. The number of aliphatic hydroxyl groups excluding tert-OH is 1. The molecule has 0 aromatic rings. The number of nitrogens with one attached hydrogen (secondary N) is 1. The normalized spacial score (nSPS) is 14.7. The van der Waals surface area contributed by atoms with Crippen LogP contribution in [-0.4, -0.2) is 36.0 Å². The molecule has 9 heteroatoms. The second-order valence-electron chi connectivity index (χ2n) is 2.98. The summed E-state index contributed by atoms with van der Waals surface area (Å²) in [6.45, 7) is -1.15. The van der Waals surface area contributed by atoms with Crippen molar-refractivity contribution in [1.29, 1.82) is 0 Å². The second kappa shape index (κ2) is 5.37. The molecule has 96 valence electrons. The molecule has 1 amide bonds. The number of carbonyl (C=O) groups is 1. The molecule has 1 atom stereocenters. The lowest BCUT2D eigenvalue weighted by Crippen LogP contribution is -2.40. The second-order valence-corrected chi connectivity index (χ2v) is 2.98. The lowest BCUT2D eigenvalue weighted by atomic mass is 10.2. The average Bonchev–Trinajstić information content (AvgIpc) is 2.08. The van der Waals surface area contributed by atoms with Gasteiger partial charge >= 0.3 is 12.4 Å². The van der Waals surface area contributed by atoms with Gasteiger partial charge in [0.05, 0.1) is 13.0 Å². The molecule has 0 saturated carbocycles. The fourth-order valence-corrected chi connectivity index (χ4v) is 0.670. The molecule has 0 aromatic heterocycles. The fourth-order valence-electron chi connectivity index (χ4n) is 0.670. The molecule has 0 heterocycles. The van der Waals surface area contributed by atoms with Crippen molar-refractivity contribution >= 4 is 5.91 Å². The van der Waals surface area contributed by atoms with E-state index in [-0.39, 0.29) is 0 Å². The van der Waals surface area contributed by atoms with E-state index in [1.54, 1.807) is 5.32 Å². The molecule has 0 aromatic carbocycles. The molecule has 16 heavy (non-hydrogen) atoms. The van der Waals surface area contributed by atoms with Crippen LogP contribution in [0.4, 0.5) is 26.3 Å². The summed E-state index contributed by atoms with van der Waals surface area (Å²) in [6, 6.07) is 0. The molecule has 2 N–H and O–H groups in total. The van der Waals surface area contributed by atoms with Gasteiger partial charge in [0, 0.05) is 6.42 Å². The first-order valence-corrected chi connectivity index (χ1v) is 4.10. The molecule has 0 aliphatic heterocycles. The van der Waals surface area contributed by atoms with E-state index in [4.69, 9.17) is 5.11 Å². The maximum atomic E-state index is 11.7. The first kappa shape index (κ1) is 15.0. The van der Waals surface area contributed by atoms with Crippen molar-refractivity contribution in [2.75, 3.05) is 6.54 Å². The van der Waals surface area contributed by atoms with Crippen LogP contribution in [0.2, 0.25) is 0 Å². The highest BCUT2D eigenvalue weighted by Gasteiger charge is 2.38. The number of aliphatic hydroxyl groups is 1. The summed E-state index contributed by atoms with van der Waals surface area (Å²) in [5.74, 6) is -1.19. The Kier molecular flexibility index (Phi) is 5.04. The number of carbonyl (C=O) groups excluding carboxylic acids is 1. The van der Waals surface area contributed by atoms with E-state index >= 15 is 0 Å². The Morgan fingerprint density at radius 3 is 2.06 bits per heavy atom. The molecule has 0 spiro atoms. The third-order valence-corrected chi connectivity index (χ3v) is 1.51. The van der Waals surface area contributed by atoms with Crippen LogP contribution < -0.4 is 5.32 Å². The van der Waals surface area contributed by atoms with Gasteiger partial charge in [-0.2, -0.15) is 26.3 Å². The summed E-state index contributed by atoms with van der Waals surface area (Å²) in [4.78, 5) is 10.6. The van der Waals surface area contributed by atoms with Gasteiger partial charge in [-0.25, -0.2) is 0 Å². The largest absolute Gasteiger partial charge is 0.416 e. The number of rotatable bonds is 4. The molecule has 0 aliphatic rings. The van der Waals surface area contributed by atoms with Crippen LogP contribution in [0.25, 0.3) is 0 Å². The highest BCUT2D eigenvalue weighted by atomic mass is 19.4. The number of halogens is 6. The Bertz CT molecular complexity index is 236. The lowest BCUT2D eigenvalue weighted by Gasteiger charge is -2.15. The number of alkyl halides is 6. The Morgan fingerprint density at radius 2 is 1.69 bits per heavy atom. The predicted octanol–water partition coefficient (Wildman–Crippen LogP) is 1.37. The first-order chi connectivity index (χ1) is 7.02. The molecule has 0 radical (unpaired) electrons. The summed E-state index contributed by atoms with van der Waals surface area (Å²) < 4.78 is 69.9. The molecule has 0 aliphatic carbocycles. The van der Waals surface area contributed by atoms with Gasteiger partial charge < -0.3 is 10.4 Å². The molecule has 0 bridgehead atoms. The molecule has 0 saturated heterocycles. The summed E-state index contributed by atoms with van der Waals surface area (Å²) in [5.41, 5.74) is 0. The van der Waals surface area contributed by atoms with Crippen LogP contribution in [0, 0.1) is 0 Å². The van der Waals surface area contributed by atoms with Gasteiger partial charge in [0.25, 0.3) is 0 Å². The van der Waals surface area contributed by atoms with Crippen LogP contribution >= 0.6 is 0 Å². The fraction of sp³-hybridized carbons (Fsp3) is 0.857. The Balaban J connectivity index is 3.83. The third-order valence-electron chi connectivity index (χ3n) is 1.51. The van der Waals surface area contributed by atoms with Crippen molar-refractivity contribution in [1.82, 2.24) is 5.32 Å². The zero-order valence-corrected chi connectivity index (χ0v) is 7.82. The minimum Gasteiger partial charge on any atom is -0.382 e. The van der Waals surface area contributed by atoms with Crippen LogP contribution in [0.5, 0.6) is 0 Å². The maximum absolute atomic E-state index is 11.7. The summed E-state index contributed by atoms with van der Waals surface area (Å²) in [7, 11) is 0. The predicted molar refractivity (Wildman–Crippen MR) is 40.4 cm³/mol. The summed E-state index contributed by atoms with van der Waals surface area (Å²) in [5, 5.41) is 9.95. The standard InChI is InChI=1S/C7H9F6NO2/c8-6(9,10)2-1-5(16)14-3-4(15)7(11,12)13/h4,15H,1-3H2,(H,14,16). The summed E-state index contributed by atoms with van der Waals surface area (Å²) >= 11 is 0. The van der Waals surface area contributed by atoms with Gasteiger partial charge in [-0.1, -0.05) is 0 Å².